The molecule has 1 aromatic carbocycles. The summed E-state index contributed by atoms with van der Waals surface area (Å²) in [5, 5.41) is 9.31. The molecular formula is C24H29F2N3O6. The minimum Gasteiger partial charge on any atom is -0.493 e. The number of likely N-dealkylation sites (tertiary alicyclic amines) is 2. The maximum Gasteiger partial charge on any atom is 0.316 e. The molecule has 2 amide bonds. The molecule has 1 aromatic rings. The SMILES string of the molecule is COc1cc(C(=O)N2CC(F)(F)C[C@H]2C(=O)N2CCC[C@H]2C#N)cc(OC(=O)C(C)(C)C)c1OC. The van der Waals surface area contributed by atoms with Crippen molar-refractivity contribution in [2.24, 2.45) is 5.41 Å². The van der Waals surface area contributed by atoms with E-state index in [0.29, 0.717) is 12.8 Å². The number of halogens is 2. The number of methoxy groups -OCH3 is 2. The zero-order valence-electron chi connectivity index (χ0n) is 20.4. The molecule has 0 saturated carbocycles. The Morgan fingerprint density at radius 3 is 2.34 bits per heavy atom. The number of carbonyl (C=O) groups excluding carboxylic acids is 3. The van der Waals surface area contributed by atoms with Crippen LogP contribution >= 0.6 is 0 Å². The normalized spacial score (nSPS) is 21.4. The monoisotopic (exact) mass is 493 g/mol. The molecule has 2 aliphatic heterocycles. The van der Waals surface area contributed by atoms with Crippen molar-refractivity contribution in [2.75, 3.05) is 27.3 Å². The van der Waals surface area contributed by atoms with E-state index in [2.05, 4.69) is 0 Å². The second kappa shape index (κ2) is 9.68. The van der Waals surface area contributed by atoms with Crippen LogP contribution in [-0.2, 0) is 9.59 Å². The van der Waals surface area contributed by atoms with Crippen molar-refractivity contribution in [3.63, 3.8) is 0 Å². The summed E-state index contributed by atoms with van der Waals surface area (Å²) >= 11 is 0. The third-order valence-electron chi connectivity index (χ3n) is 6.01. The average molecular weight is 494 g/mol. The van der Waals surface area contributed by atoms with Crippen molar-refractivity contribution in [3.05, 3.63) is 17.7 Å². The number of ether oxygens (including phenoxy) is 3. The van der Waals surface area contributed by atoms with E-state index in [0.717, 1.165) is 4.90 Å². The van der Waals surface area contributed by atoms with Gasteiger partial charge in [-0.25, -0.2) is 8.78 Å². The zero-order chi connectivity index (χ0) is 26.1. The van der Waals surface area contributed by atoms with Gasteiger partial charge in [0.05, 0.1) is 32.2 Å². The fourth-order valence-corrected chi connectivity index (χ4v) is 4.15. The Hall–Kier alpha value is -3.42. The number of alkyl halides is 2. The van der Waals surface area contributed by atoms with E-state index in [-0.39, 0.29) is 29.4 Å². The minimum absolute atomic E-state index is 0.0491. The lowest BCUT2D eigenvalue weighted by Gasteiger charge is -2.29. The summed E-state index contributed by atoms with van der Waals surface area (Å²) in [7, 11) is 2.64. The molecule has 2 saturated heterocycles. The Kier molecular flexibility index (Phi) is 7.24. The first-order valence-electron chi connectivity index (χ1n) is 11.2. The smallest absolute Gasteiger partial charge is 0.316 e. The summed E-state index contributed by atoms with van der Waals surface area (Å²) in [4.78, 5) is 41.1. The van der Waals surface area contributed by atoms with E-state index < -0.39 is 54.2 Å². The van der Waals surface area contributed by atoms with Crippen molar-refractivity contribution in [1.29, 1.82) is 5.26 Å². The van der Waals surface area contributed by atoms with Crippen molar-refractivity contribution in [3.8, 4) is 23.3 Å². The number of nitriles is 1. The van der Waals surface area contributed by atoms with E-state index >= 15 is 0 Å². The number of amides is 2. The second-order valence-corrected chi connectivity index (χ2v) is 9.68. The highest BCUT2D eigenvalue weighted by molar-refractivity contribution is 5.99. The lowest BCUT2D eigenvalue weighted by molar-refractivity contribution is -0.143. The summed E-state index contributed by atoms with van der Waals surface area (Å²) in [6.07, 6.45) is 0.196. The molecule has 2 atom stereocenters. The number of esters is 1. The molecule has 2 aliphatic rings. The number of rotatable bonds is 5. The molecule has 0 N–H and O–H groups in total. The molecule has 0 bridgehead atoms. The van der Waals surface area contributed by atoms with Gasteiger partial charge in [-0.3, -0.25) is 14.4 Å². The first kappa shape index (κ1) is 26.2. The lowest BCUT2D eigenvalue weighted by Crippen LogP contribution is -2.49. The van der Waals surface area contributed by atoms with E-state index in [4.69, 9.17) is 14.2 Å². The Morgan fingerprint density at radius 2 is 1.77 bits per heavy atom. The van der Waals surface area contributed by atoms with Gasteiger partial charge >= 0.3 is 5.97 Å². The molecule has 190 valence electrons. The summed E-state index contributed by atoms with van der Waals surface area (Å²) in [5.74, 6) is -5.45. The maximum absolute atomic E-state index is 14.4. The standard InChI is InChI=1S/C24H29F2N3O6/c1-23(2,3)22(32)35-18-10-14(9-17(33-4)19(18)34-5)20(30)29-13-24(25,26)11-16(29)21(31)28-8-6-7-15(28)12-27/h9-10,15-16H,6-8,11,13H2,1-5H3/t15-,16-/m0/s1. The number of hydrogen-bond donors (Lipinski definition) is 0. The predicted molar refractivity (Wildman–Crippen MR) is 119 cm³/mol. The fraction of sp³-hybridized carbons (Fsp3) is 0.583. The van der Waals surface area contributed by atoms with Gasteiger partial charge in [0.25, 0.3) is 11.8 Å². The van der Waals surface area contributed by atoms with Crippen LogP contribution in [-0.4, -0.2) is 72.9 Å². The van der Waals surface area contributed by atoms with E-state index in [9.17, 15) is 28.4 Å². The quantitative estimate of drug-likeness (QED) is 0.458. The number of benzene rings is 1. The summed E-state index contributed by atoms with van der Waals surface area (Å²) in [6, 6.07) is 2.36. The molecule has 3 rings (SSSR count). The summed E-state index contributed by atoms with van der Waals surface area (Å²) in [5.41, 5.74) is -0.993. The van der Waals surface area contributed by atoms with Crippen LogP contribution in [0.25, 0.3) is 0 Å². The van der Waals surface area contributed by atoms with Crippen molar-refractivity contribution < 1.29 is 37.4 Å². The number of nitrogens with zero attached hydrogens (tertiary/aromatic N) is 3. The highest BCUT2D eigenvalue weighted by Gasteiger charge is 2.52. The van der Waals surface area contributed by atoms with Gasteiger partial charge in [0.15, 0.2) is 11.5 Å². The Balaban J connectivity index is 1.99. The second-order valence-electron chi connectivity index (χ2n) is 9.68. The minimum atomic E-state index is -3.28. The van der Waals surface area contributed by atoms with Gasteiger partial charge in [-0.05, 0) is 45.7 Å². The highest BCUT2D eigenvalue weighted by Crippen LogP contribution is 2.41. The van der Waals surface area contributed by atoms with Crippen molar-refractivity contribution in [2.45, 2.75) is 58.0 Å². The third-order valence-corrected chi connectivity index (χ3v) is 6.01. The fourth-order valence-electron chi connectivity index (χ4n) is 4.15. The van der Waals surface area contributed by atoms with Crippen molar-refractivity contribution in [1.82, 2.24) is 9.80 Å². The first-order chi connectivity index (χ1) is 16.3. The molecule has 0 radical (unpaired) electrons. The molecule has 35 heavy (non-hydrogen) atoms. The molecule has 11 heteroatoms. The number of hydrogen-bond acceptors (Lipinski definition) is 7. The Morgan fingerprint density at radius 1 is 1.11 bits per heavy atom. The molecule has 2 heterocycles. The van der Waals surface area contributed by atoms with Gasteiger partial charge in [0.1, 0.15) is 12.1 Å². The van der Waals surface area contributed by atoms with E-state index in [1.807, 2.05) is 6.07 Å². The Bertz CT molecular complexity index is 1060. The van der Waals surface area contributed by atoms with Gasteiger partial charge < -0.3 is 24.0 Å². The van der Waals surface area contributed by atoms with Crippen LogP contribution in [0.15, 0.2) is 12.1 Å². The van der Waals surface area contributed by atoms with E-state index in [1.165, 1.54) is 31.3 Å². The van der Waals surface area contributed by atoms with Gasteiger partial charge in [0, 0.05) is 18.5 Å². The van der Waals surface area contributed by atoms with Crippen LogP contribution in [0.1, 0.15) is 50.4 Å². The van der Waals surface area contributed by atoms with E-state index in [1.54, 1.807) is 20.8 Å². The van der Waals surface area contributed by atoms with Gasteiger partial charge in [-0.15, -0.1) is 0 Å². The van der Waals surface area contributed by atoms with Gasteiger partial charge in [-0.1, -0.05) is 0 Å². The van der Waals surface area contributed by atoms with Crippen LogP contribution < -0.4 is 14.2 Å². The first-order valence-corrected chi connectivity index (χ1v) is 11.2. The molecule has 0 unspecified atom stereocenters. The Labute approximate surface area is 202 Å². The summed E-state index contributed by atoms with van der Waals surface area (Å²) < 4.78 is 44.9. The van der Waals surface area contributed by atoms with Crippen LogP contribution in [0.2, 0.25) is 0 Å². The maximum atomic E-state index is 14.4. The summed E-state index contributed by atoms with van der Waals surface area (Å²) in [6.45, 7) is 4.24. The van der Waals surface area contributed by atoms with Crippen LogP contribution in [0, 0.1) is 16.7 Å². The predicted octanol–water partition coefficient (Wildman–Crippen LogP) is 3.02. The lowest BCUT2D eigenvalue weighted by atomic mass is 9.97. The molecule has 2 fully saturated rings. The molecule has 0 aliphatic carbocycles. The zero-order valence-corrected chi connectivity index (χ0v) is 20.4. The number of carbonyl (C=O) groups is 3. The van der Waals surface area contributed by atoms with Gasteiger partial charge in [-0.2, -0.15) is 5.26 Å². The van der Waals surface area contributed by atoms with Crippen LogP contribution in [0.3, 0.4) is 0 Å². The van der Waals surface area contributed by atoms with Crippen molar-refractivity contribution >= 4 is 17.8 Å². The van der Waals surface area contributed by atoms with Crippen LogP contribution in [0.5, 0.6) is 17.2 Å². The molecule has 0 spiro atoms. The largest absolute Gasteiger partial charge is 0.493 e. The topological polar surface area (TPSA) is 109 Å². The molecular weight excluding hydrogens is 464 g/mol. The third kappa shape index (κ3) is 5.31. The highest BCUT2D eigenvalue weighted by atomic mass is 19.3. The molecule has 0 aromatic heterocycles. The molecule has 9 nitrogen and oxygen atoms in total. The van der Waals surface area contributed by atoms with Crippen LogP contribution in [0.4, 0.5) is 8.78 Å². The average Bonchev–Trinajstić information content (AvgIpc) is 3.40. The van der Waals surface area contributed by atoms with Gasteiger partial charge in [0.2, 0.25) is 11.7 Å².